The highest BCUT2D eigenvalue weighted by molar-refractivity contribution is 6.15. The van der Waals surface area contributed by atoms with Crippen molar-refractivity contribution < 1.29 is 9.59 Å². The fourth-order valence-electron chi connectivity index (χ4n) is 3.71. The Labute approximate surface area is 156 Å². The van der Waals surface area contributed by atoms with E-state index >= 15 is 0 Å². The summed E-state index contributed by atoms with van der Waals surface area (Å²) < 4.78 is 2.15. The molecule has 6 nitrogen and oxygen atoms in total. The Hall–Kier alpha value is -3.41. The molecule has 0 fully saturated rings. The Morgan fingerprint density at radius 2 is 1.93 bits per heavy atom. The molecule has 2 aromatic carbocycles. The molecule has 3 N–H and O–H groups in total. The highest BCUT2D eigenvalue weighted by Gasteiger charge is 2.17. The maximum Gasteiger partial charge on any atom is 0.251 e. The Balaban J connectivity index is 1.94. The zero-order valence-electron chi connectivity index (χ0n) is 15.4. The van der Waals surface area contributed by atoms with E-state index in [4.69, 9.17) is 5.73 Å². The second kappa shape index (κ2) is 6.09. The molecular formula is C21H20N4O2. The van der Waals surface area contributed by atoms with Gasteiger partial charge in [0.05, 0.1) is 5.52 Å². The van der Waals surface area contributed by atoms with Crippen molar-refractivity contribution in [3.05, 3.63) is 53.9 Å². The van der Waals surface area contributed by atoms with Crippen LogP contribution in [0.5, 0.6) is 0 Å². The van der Waals surface area contributed by atoms with Crippen LogP contribution in [-0.4, -0.2) is 27.4 Å². The SMILES string of the molecule is Cc1c2ccncc2cc2c3cc(C(=O)N[C@@H](C)C(N)=O)ccc3n(C)c12. The van der Waals surface area contributed by atoms with E-state index < -0.39 is 11.9 Å². The Morgan fingerprint density at radius 3 is 2.67 bits per heavy atom. The molecule has 0 unspecified atom stereocenters. The number of nitrogens with zero attached hydrogens (tertiary/aromatic N) is 2. The minimum absolute atomic E-state index is 0.320. The first-order valence-corrected chi connectivity index (χ1v) is 8.74. The van der Waals surface area contributed by atoms with Gasteiger partial charge in [-0.15, -0.1) is 0 Å². The van der Waals surface area contributed by atoms with E-state index in [1.807, 2.05) is 31.4 Å². The van der Waals surface area contributed by atoms with Gasteiger partial charge in [0.15, 0.2) is 0 Å². The lowest BCUT2D eigenvalue weighted by Gasteiger charge is -2.10. The van der Waals surface area contributed by atoms with E-state index in [0.717, 1.165) is 32.6 Å². The van der Waals surface area contributed by atoms with Crippen LogP contribution in [0.25, 0.3) is 32.6 Å². The van der Waals surface area contributed by atoms with Crippen molar-refractivity contribution in [2.75, 3.05) is 0 Å². The number of benzene rings is 2. The van der Waals surface area contributed by atoms with Crippen molar-refractivity contribution in [2.24, 2.45) is 12.8 Å². The third-order valence-electron chi connectivity index (χ3n) is 5.19. The number of hydrogen-bond acceptors (Lipinski definition) is 3. The number of hydrogen-bond donors (Lipinski definition) is 2. The standard InChI is InChI=1S/C21H20N4O2/c1-11-15-6-7-23-10-14(15)9-17-16-8-13(21(27)24-12(2)20(22)26)4-5-18(16)25(3)19(11)17/h4-10,12H,1-3H3,(H2,22,26)(H,24,27)/t12-/m0/s1. The molecule has 4 rings (SSSR count). The molecule has 0 aliphatic heterocycles. The van der Waals surface area contributed by atoms with Gasteiger partial charge in [0, 0.05) is 46.7 Å². The topological polar surface area (TPSA) is 90.0 Å². The molecule has 1 atom stereocenters. The van der Waals surface area contributed by atoms with E-state index in [2.05, 4.69) is 27.9 Å². The summed E-state index contributed by atoms with van der Waals surface area (Å²) in [6, 6.07) is 8.97. The van der Waals surface area contributed by atoms with Crippen LogP contribution >= 0.6 is 0 Å². The number of carbonyl (C=O) groups is 2. The largest absolute Gasteiger partial charge is 0.368 e. The number of aryl methyl sites for hydroxylation is 2. The number of fused-ring (bicyclic) bond motifs is 4. The quantitative estimate of drug-likeness (QED) is 0.589. The van der Waals surface area contributed by atoms with Gasteiger partial charge in [0.2, 0.25) is 5.91 Å². The summed E-state index contributed by atoms with van der Waals surface area (Å²) in [7, 11) is 2.03. The van der Waals surface area contributed by atoms with E-state index in [1.54, 1.807) is 19.2 Å². The average Bonchev–Trinajstić information content (AvgIpc) is 2.94. The van der Waals surface area contributed by atoms with Crippen molar-refractivity contribution >= 4 is 44.4 Å². The van der Waals surface area contributed by atoms with Crippen molar-refractivity contribution in [1.82, 2.24) is 14.9 Å². The summed E-state index contributed by atoms with van der Waals surface area (Å²) in [5.74, 6) is -0.886. The molecule has 4 aromatic rings. The Bertz CT molecular complexity index is 1240. The summed E-state index contributed by atoms with van der Waals surface area (Å²) in [5.41, 5.74) is 9.08. The van der Waals surface area contributed by atoms with Crippen LogP contribution in [0.3, 0.4) is 0 Å². The third kappa shape index (κ3) is 2.61. The second-order valence-electron chi connectivity index (χ2n) is 6.88. The Morgan fingerprint density at radius 1 is 1.15 bits per heavy atom. The first kappa shape index (κ1) is 17.0. The molecule has 2 amide bonds. The Kier molecular flexibility index (Phi) is 3.84. The average molecular weight is 360 g/mol. The molecule has 0 saturated carbocycles. The summed E-state index contributed by atoms with van der Waals surface area (Å²) in [5, 5.41) is 6.91. The number of nitrogens with two attached hydrogens (primary N) is 1. The monoisotopic (exact) mass is 360 g/mol. The fourth-order valence-corrected chi connectivity index (χ4v) is 3.71. The van der Waals surface area contributed by atoms with Crippen molar-refractivity contribution in [3.63, 3.8) is 0 Å². The summed E-state index contributed by atoms with van der Waals surface area (Å²) in [6.07, 6.45) is 3.65. The molecular weight excluding hydrogens is 340 g/mol. The number of rotatable bonds is 3. The highest BCUT2D eigenvalue weighted by Crippen LogP contribution is 2.35. The van der Waals surface area contributed by atoms with Gasteiger partial charge in [-0.3, -0.25) is 14.6 Å². The number of pyridine rings is 1. The molecule has 0 saturated heterocycles. The van der Waals surface area contributed by atoms with Crippen LogP contribution in [0.2, 0.25) is 0 Å². The maximum atomic E-state index is 12.5. The van der Waals surface area contributed by atoms with Crippen LogP contribution in [0.1, 0.15) is 22.8 Å². The molecule has 0 aliphatic carbocycles. The zero-order chi connectivity index (χ0) is 19.3. The van der Waals surface area contributed by atoms with E-state index in [-0.39, 0.29) is 5.91 Å². The third-order valence-corrected chi connectivity index (χ3v) is 5.19. The van der Waals surface area contributed by atoms with Crippen molar-refractivity contribution in [2.45, 2.75) is 19.9 Å². The molecule has 0 aliphatic rings. The van der Waals surface area contributed by atoms with Crippen LogP contribution in [-0.2, 0) is 11.8 Å². The number of nitrogens with one attached hydrogen (secondary N) is 1. The number of amides is 2. The molecule has 27 heavy (non-hydrogen) atoms. The van der Waals surface area contributed by atoms with Crippen LogP contribution < -0.4 is 11.1 Å². The molecule has 2 aromatic heterocycles. The van der Waals surface area contributed by atoms with E-state index in [9.17, 15) is 9.59 Å². The summed E-state index contributed by atoms with van der Waals surface area (Å²) in [6.45, 7) is 3.67. The normalized spacial score (nSPS) is 12.6. The number of carbonyl (C=O) groups excluding carboxylic acids is 2. The van der Waals surface area contributed by atoms with Crippen molar-refractivity contribution in [1.29, 1.82) is 0 Å². The predicted molar refractivity (Wildman–Crippen MR) is 107 cm³/mol. The fraction of sp³-hybridized carbons (Fsp3) is 0.190. The highest BCUT2D eigenvalue weighted by atomic mass is 16.2. The molecule has 0 bridgehead atoms. The van der Waals surface area contributed by atoms with Gasteiger partial charge in [-0.25, -0.2) is 0 Å². The zero-order valence-corrected chi connectivity index (χ0v) is 15.4. The van der Waals surface area contributed by atoms with Gasteiger partial charge in [-0.05, 0) is 55.1 Å². The molecule has 0 spiro atoms. The molecule has 6 heteroatoms. The van der Waals surface area contributed by atoms with Crippen LogP contribution in [0.15, 0.2) is 42.7 Å². The van der Waals surface area contributed by atoms with Gasteiger partial charge in [-0.1, -0.05) is 0 Å². The predicted octanol–water partition coefficient (Wildman–Crippen LogP) is 2.79. The molecule has 2 heterocycles. The van der Waals surface area contributed by atoms with Gasteiger partial charge < -0.3 is 15.6 Å². The van der Waals surface area contributed by atoms with Gasteiger partial charge in [0.25, 0.3) is 5.91 Å². The van der Waals surface area contributed by atoms with Gasteiger partial charge >= 0.3 is 0 Å². The van der Waals surface area contributed by atoms with E-state index in [1.165, 1.54) is 5.56 Å². The van der Waals surface area contributed by atoms with Crippen LogP contribution in [0, 0.1) is 6.92 Å². The lowest BCUT2D eigenvalue weighted by molar-refractivity contribution is -0.119. The minimum Gasteiger partial charge on any atom is -0.368 e. The molecule has 136 valence electrons. The van der Waals surface area contributed by atoms with Crippen molar-refractivity contribution in [3.8, 4) is 0 Å². The molecule has 0 radical (unpaired) electrons. The van der Waals surface area contributed by atoms with Crippen LogP contribution in [0.4, 0.5) is 0 Å². The maximum absolute atomic E-state index is 12.5. The number of aromatic nitrogens is 2. The second-order valence-corrected chi connectivity index (χ2v) is 6.88. The number of primary amides is 1. The summed E-state index contributed by atoms with van der Waals surface area (Å²) in [4.78, 5) is 27.9. The first-order valence-electron chi connectivity index (χ1n) is 8.74. The van der Waals surface area contributed by atoms with Gasteiger partial charge in [0.1, 0.15) is 6.04 Å². The summed E-state index contributed by atoms with van der Waals surface area (Å²) >= 11 is 0. The smallest absolute Gasteiger partial charge is 0.251 e. The lowest BCUT2D eigenvalue weighted by atomic mass is 10.0. The minimum atomic E-state index is -0.724. The lowest BCUT2D eigenvalue weighted by Crippen LogP contribution is -2.42. The van der Waals surface area contributed by atoms with E-state index in [0.29, 0.717) is 5.56 Å². The first-order chi connectivity index (χ1) is 12.9. The van der Waals surface area contributed by atoms with Gasteiger partial charge in [-0.2, -0.15) is 0 Å².